The van der Waals surface area contributed by atoms with Gasteiger partial charge >= 0.3 is 5.97 Å². The first-order chi connectivity index (χ1) is 9.54. The van der Waals surface area contributed by atoms with Crippen molar-refractivity contribution < 1.29 is 24.5 Å². The predicted molar refractivity (Wildman–Crippen MR) is 71.5 cm³/mol. The van der Waals surface area contributed by atoms with Crippen molar-refractivity contribution in [1.82, 2.24) is 0 Å². The molecule has 0 spiro atoms. The van der Waals surface area contributed by atoms with Crippen LogP contribution in [0.5, 0.6) is 11.5 Å². The highest BCUT2D eigenvalue weighted by molar-refractivity contribution is 6.14. The molecule has 5 heteroatoms. The molecule has 0 aliphatic rings. The number of phenols is 1. The van der Waals surface area contributed by atoms with Crippen LogP contribution >= 0.6 is 0 Å². The summed E-state index contributed by atoms with van der Waals surface area (Å²) in [5, 5.41) is 18.9. The molecule has 20 heavy (non-hydrogen) atoms. The van der Waals surface area contributed by atoms with Crippen LogP contribution in [0.3, 0.4) is 0 Å². The number of carboxylic acids is 1. The first-order valence-corrected chi connectivity index (χ1v) is 5.78. The van der Waals surface area contributed by atoms with Crippen molar-refractivity contribution >= 4 is 11.8 Å². The monoisotopic (exact) mass is 272 g/mol. The molecule has 2 rings (SSSR count). The molecule has 0 bridgehead atoms. The topological polar surface area (TPSA) is 83.8 Å². The highest BCUT2D eigenvalue weighted by atomic mass is 16.5. The Morgan fingerprint density at radius 3 is 2.25 bits per heavy atom. The number of hydrogen-bond donors (Lipinski definition) is 2. The van der Waals surface area contributed by atoms with E-state index in [2.05, 4.69) is 0 Å². The number of hydrogen-bond acceptors (Lipinski definition) is 4. The molecule has 0 unspecified atom stereocenters. The molecule has 0 aliphatic carbocycles. The summed E-state index contributed by atoms with van der Waals surface area (Å²) in [6.07, 6.45) is 0. The molecular formula is C15H12O5. The smallest absolute Gasteiger partial charge is 0.336 e. The molecule has 0 aliphatic heterocycles. The zero-order valence-electron chi connectivity index (χ0n) is 10.7. The molecule has 0 atom stereocenters. The summed E-state index contributed by atoms with van der Waals surface area (Å²) in [6.45, 7) is 0. The highest BCUT2D eigenvalue weighted by Crippen LogP contribution is 2.30. The van der Waals surface area contributed by atoms with Gasteiger partial charge in [-0.1, -0.05) is 30.3 Å². The second kappa shape index (κ2) is 5.44. The van der Waals surface area contributed by atoms with E-state index in [1.54, 1.807) is 30.3 Å². The van der Waals surface area contributed by atoms with Gasteiger partial charge in [-0.15, -0.1) is 0 Å². The average Bonchev–Trinajstić information content (AvgIpc) is 2.46. The van der Waals surface area contributed by atoms with E-state index in [1.165, 1.54) is 7.11 Å². The Kier molecular flexibility index (Phi) is 3.70. The first-order valence-electron chi connectivity index (χ1n) is 5.78. The zero-order chi connectivity index (χ0) is 14.7. The summed E-state index contributed by atoms with van der Waals surface area (Å²) < 4.78 is 4.85. The Morgan fingerprint density at radius 1 is 1.05 bits per heavy atom. The second-order valence-corrected chi connectivity index (χ2v) is 4.07. The van der Waals surface area contributed by atoms with Gasteiger partial charge in [-0.25, -0.2) is 4.79 Å². The van der Waals surface area contributed by atoms with Gasteiger partial charge in [0, 0.05) is 11.1 Å². The Labute approximate surface area is 115 Å². The maximum absolute atomic E-state index is 12.3. The molecule has 0 amide bonds. The summed E-state index contributed by atoms with van der Waals surface area (Å²) >= 11 is 0. The lowest BCUT2D eigenvalue weighted by Gasteiger charge is -2.09. The number of carbonyl (C=O) groups excluding carboxylic acids is 1. The third kappa shape index (κ3) is 2.47. The fourth-order valence-corrected chi connectivity index (χ4v) is 1.84. The van der Waals surface area contributed by atoms with Gasteiger partial charge in [0.05, 0.1) is 12.7 Å². The second-order valence-electron chi connectivity index (χ2n) is 4.07. The minimum atomic E-state index is -1.26. The van der Waals surface area contributed by atoms with Crippen molar-refractivity contribution in [3.8, 4) is 11.5 Å². The van der Waals surface area contributed by atoms with Crippen molar-refractivity contribution in [3.63, 3.8) is 0 Å². The van der Waals surface area contributed by atoms with E-state index in [4.69, 9.17) is 4.74 Å². The van der Waals surface area contributed by atoms with Crippen molar-refractivity contribution in [2.45, 2.75) is 0 Å². The third-order valence-corrected chi connectivity index (χ3v) is 2.83. The van der Waals surface area contributed by atoms with E-state index in [0.29, 0.717) is 5.56 Å². The van der Waals surface area contributed by atoms with Crippen LogP contribution in [0.15, 0.2) is 42.5 Å². The van der Waals surface area contributed by atoms with Gasteiger partial charge < -0.3 is 14.9 Å². The summed E-state index contributed by atoms with van der Waals surface area (Å²) in [7, 11) is 1.30. The number of benzene rings is 2. The molecule has 0 saturated heterocycles. The van der Waals surface area contributed by atoms with Gasteiger partial charge in [-0.05, 0) is 12.1 Å². The van der Waals surface area contributed by atoms with Crippen LogP contribution in [-0.2, 0) is 0 Å². The molecule has 2 aromatic carbocycles. The molecule has 0 radical (unpaired) electrons. The molecule has 2 aromatic rings. The molecule has 5 nitrogen and oxygen atoms in total. The van der Waals surface area contributed by atoms with Gasteiger partial charge in [0.25, 0.3) is 0 Å². The van der Waals surface area contributed by atoms with Gasteiger partial charge in [0.1, 0.15) is 0 Å². The molecule has 2 N–H and O–H groups in total. The van der Waals surface area contributed by atoms with Crippen LogP contribution in [0.4, 0.5) is 0 Å². The standard InChI is InChI=1S/C15H12O5/c1-20-13-8-11(15(18)19)10(7-12(13)16)14(17)9-5-3-2-4-6-9/h2-8,16H,1H3,(H,18,19). The van der Waals surface area contributed by atoms with Crippen molar-refractivity contribution in [3.05, 3.63) is 59.2 Å². The fraction of sp³-hybridized carbons (Fsp3) is 0.0667. The summed E-state index contributed by atoms with van der Waals surface area (Å²) in [6, 6.07) is 10.5. The molecule has 102 valence electrons. The van der Waals surface area contributed by atoms with Crippen LogP contribution < -0.4 is 4.74 Å². The maximum Gasteiger partial charge on any atom is 0.336 e. The van der Waals surface area contributed by atoms with Crippen LogP contribution in [0.1, 0.15) is 26.3 Å². The first kappa shape index (κ1) is 13.6. The minimum Gasteiger partial charge on any atom is -0.504 e. The van der Waals surface area contributed by atoms with E-state index < -0.39 is 11.8 Å². The average molecular weight is 272 g/mol. The lowest BCUT2D eigenvalue weighted by atomic mass is 9.97. The normalized spacial score (nSPS) is 10.1. The van der Waals surface area contributed by atoms with Crippen LogP contribution in [0.25, 0.3) is 0 Å². The molecule has 0 fully saturated rings. The largest absolute Gasteiger partial charge is 0.504 e. The zero-order valence-corrected chi connectivity index (χ0v) is 10.7. The Morgan fingerprint density at radius 2 is 1.70 bits per heavy atom. The van der Waals surface area contributed by atoms with Crippen molar-refractivity contribution in [2.24, 2.45) is 0 Å². The minimum absolute atomic E-state index is 0.00649. The number of aromatic carboxylic acids is 1. The van der Waals surface area contributed by atoms with Crippen molar-refractivity contribution in [2.75, 3.05) is 7.11 Å². The van der Waals surface area contributed by atoms with Crippen LogP contribution in [0, 0.1) is 0 Å². The predicted octanol–water partition coefficient (Wildman–Crippen LogP) is 2.33. The lowest BCUT2D eigenvalue weighted by Crippen LogP contribution is -2.10. The number of ketones is 1. The Balaban J connectivity index is 2.59. The number of phenolic OH excluding ortho intramolecular Hbond substituents is 1. The molecular weight excluding hydrogens is 260 g/mol. The SMILES string of the molecule is COc1cc(C(=O)O)c(C(=O)c2ccccc2)cc1O. The van der Waals surface area contributed by atoms with Gasteiger partial charge in [0.2, 0.25) is 0 Å². The van der Waals surface area contributed by atoms with E-state index in [0.717, 1.165) is 12.1 Å². The van der Waals surface area contributed by atoms with E-state index in [9.17, 15) is 19.8 Å². The maximum atomic E-state index is 12.3. The Hall–Kier alpha value is -2.82. The molecule has 0 aromatic heterocycles. The lowest BCUT2D eigenvalue weighted by molar-refractivity contribution is 0.0692. The van der Waals surface area contributed by atoms with Gasteiger partial charge in [-0.2, -0.15) is 0 Å². The molecule has 0 heterocycles. The number of carboxylic acid groups (broad SMARTS) is 1. The number of rotatable bonds is 4. The number of aromatic hydroxyl groups is 1. The van der Waals surface area contributed by atoms with E-state index >= 15 is 0 Å². The highest BCUT2D eigenvalue weighted by Gasteiger charge is 2.21. The number of ether oxygens (including phenoxy) is 1. The van der Waals surface area contributed by atoms with E-state index in [1.807, 2.05) is 0 Å². The third-order valence-electron chi connectivity index (χ3n) is 2.83. The molecule has 0 saturated carbocycles. The summed E-state index contributed by atoms with van der Waals surface area (Å²) in [5.74, 6) is -2.01. The summed E-state index contributed by atoms with van der Waals surface area (Å²) in [4.78, 5) is 23.6. The summed E-state index contributed by atoms with van der Waals surface area (Å²) in [5.41, 5.74) is 0.0510. The quantitative estimate of drug-likeness (QED) is 0.834. The van der Waals surface area contributed by atoms with Crippen LogP contribution in [0.2, 0.25) is 0 Å². The van der Waals surface area contributed by atoms with Crippen LogP contribution in [-0.4, -0.2) is 29.1 Å². The fourth-order valence-electron chi connectivity index (χ4n) is 1.84. The van der Waals surface area contributed by atoms with Crippen molar-refractivity contribution in [1.29, 1.82) is 0 Å². The van der Waals surface area contributed by atoms with Gasteiger partial charge in [0.15, 0.2) is 17.3 Å². The Bertz CT molecular complexity index is 661. The van der Waals surface area contributed by atoms with Gasteiger partial charge in [-0.3, -0.25) is 4.79 Å². The number of methoxy groups -OCH3 is 1. The number of carbonyl (C=O) groups is 2. The van der Waals surface area contributed by atoms with E-state index in [-0.39, 0.29) is 22.6 Å².